The lowest BCUT2D eigenvalue weighted by Gasteiger charge is -2.61. The van der Waals surface area contributed by atoms with Gasteiger partial charge in [-0.25, -0.2) is 29.9 Å². The van der Waals surface area contributed by atoms with E-state index in [1.807, 2.05) is 72.8 Å². The van der Waals surface area contributed by atoms with Crippen LogP contribution in [0.3, 0.4) is 0 Å². The summed E-state index contributed by atoms with van der Waals surface area (Å²) < 4.78 is 6.57. The smallest absolute Gasteiger partial charge is 0.164 e. The van der Waals surface area contributed by atoms with Gasteiger partial charge in [-0.1, -0.05) is 182 Å². The van der Waals surface area contributed by atoms with Gasteiger partial charge in [-0.3, -0.25) is 0 Å². The predicted octanol–water partition coefficient (Wildman–Crippen LogP) is 18.6. The molecular formula is C77H54N6O. The molecule has 4 bridgehead atoms. The quantitative estimate of drug-likeness (QED) is 0.150. The Morgan fingerprint density at radius 2 is 0.655 bits per heavy atom. The first-order chi connectivity index (χ1) is 41.5. The van der Waals surface area contributed by atoms with Crippen LogP contribution in [-0.2, 0) is 11.8 Å². The van der Waals surface area contributed by atoms with Gasteiger partial charge in [0.2, 0.25) is 0 Å². The summed E-state index contributed by atoms with van der Waals surface area (Å²) in [5, 5.41) is 2.12. The standard InChI is InChI=1S/C77H54N6O/c1-5-13-47(14-6-1)71-78-72(48-15-7-2-8-16-48)81-75(80-71)56-22-21-55-39-58-38-51(23-28-61(58)64(55)41-56)53-24-29-62-63-30-25-54(44-68(63)77(67(62)43-53)59-34-45-33-46(36-59)37-60(77)35-45)52-26-31-69-65(40-52)66-42-57(27-32-70(66)84-69)76-82-73(49-17-9-3-10-18-49)79-74(83-76)50-19-11-4-12-20-50/h1-32,38,40-46,59-60H,33-37,39H2. The Morgan fingerprint density at radius 3 is 1.13 bits per heavy atom. The molecule has 0 amide bonds. The van der Waals surface area contributed by atoms with Crippen LogP contribution in [0, 0.1) is 23.7 Å². The van der Waals surface area contributed by atoms with Crippen molar-refractivity contribution < 1.29 is 4.42 Å². The second-order valence-corrected chi connectivity index (χ2v) is 24.2. The van der Waals surface area contributed by atoms with Crippen LogP contribution in [0.4, 0.5) is 0 Å². The number of hydrogen-bond acceptors (Lipinski definition) is 7. The van der Waals surface area contributed by atoms with Crippen molar-refractivity contribution in [3.63, 3.8) is 0 Å². The van der Waals surface area contributed by atoms with Gasteiger partial charge < -0.3 is 4.42 Å². The van der Waals surface area contributed by atoms with Crippen molar-refractivity contribution >= 4 is 21.9 Å². The van der Waals surface area contributed by atoms with Gasteiger partial charge in [-0.2, -0.15) is 0 Å². The Kier molecular flexibility index (Phi) is 10.5. The molecule has 6 aliphatic carbocycles. The van der Waals surface area contributed by atoms with E-state index in [1.54, 1.807) is 11.1 Å². The summed E-state index contributed by atoms with van der Waals surface area (Å²) in [7, 11) is 0. The number of benzene rings is 10. The van der Waals surface area contributed by atoms with Gasteiger partial charge in [0.25, 0.3) is 0 Å². The molecule has 3 aromatic heterocycles. The molecule has 4 fully saturated rings. The van der Waals surface area contributed by atoms with Crippen molar-refractivity contribution in [2.75, 3.05) is 0 Å². The maximum Gasteiger partial charge on any atom is 0.164 e. The monoisotopic (exact) mass is 1080 g/mol. The average molecular weight is 1080 g/mol. The van der Waals surface area contributed by atoms with Crippen LogP contribution < -0.4 is 0 Å². The molecular weight excluding hydrogens is 1020 g/mol. The highest BCUT2D eigenvalue weighted by Crippen LogP contribution is 2.70. The van der Waals surface area contributed by atoms with Crippen molar-refractivity contribution in [3.8, 4) is 113 Å². The predicted molar refractivity (Wildman–Crippen MR) is 335 cm³/mol. The molecule has 7 heteroatoms. The van der Waals surface area contributed by atoms with Gasteiger partial charge in [0.1, 0.15) is 11.2 Å². The molecule has 10 aromatic carbocycles. The Balaban J connectivity index is 0.701. The van der Waals surface area contributed by atoms with Crippen molar-refractivity contribution in [2.45, 2.75) is 43.9 Å². The molecule has 19 rings (SSSR count). The fourth-order valence-electron chi connectivity index (χ4n) is 16.0. The summed E-state index contributed by atoms with van der Waals surface area (Å²) in [5.41, 5.74) is 23.6. The number of nitrogens with zero attached hydrogens (tertiary/aromatic N) is 6. The van der Waals surface area contributed by atoms with Gasteiger partial charge in [0.05, 0.1) is 0 Å². The molecule has 4 saturated carbocycles. The Morgan fingerprint density at radius 1 is 0.286 bits per heavy atom. The van der Waals surface area contributed by atoms with Crippen LogP contribution in [0.15, 0.2) is 235 Å². The van der Waals surface area contributed by atoms with Crippen LogP contribution >= 0.6 is 0 Å². The zero-order valence-corrected chi connectivity index (χ0v) is 46.1. The zero-order chi connectivity index (χ0) is 55.0. The molecule has 0 saturated heterocycles. The van der Waals surface area contributed by atoms with Gasteiger partial charge >= 0.3 is 0 Å². The van der Waals surface area contributed by atoms with Crippen molar-refractivity contribution in [1.82, 2.24) is 29.9 Å². The van der Waals surface area contributed by atoms with E-state index in [0.717, 1.165) is 73.6 Å². The van der Waals surface area contributed by atoms with E-state index in [9.17, 15) is 0 Å². The van der Waals surface area contributed by atoms with Crippen LogP contribution in [0.1, 0.15) is 54.4 Å². The van der Waals surface area contributed by atoms with E-state index in [1.165, 1.54) is 87.7 Å². The van der Waals surface area contributed by atoms with E-state index in [-0.39, 0.29) is 5.41 Å². The van der Waals surface area contributed by atoms with E-state index < -0.39 is 0 Å². The van der Waals surface area contributed by atoms with E-state index in [2.05, 4.69) is 158 Å². The lowest BCUT2D eigenvalue weighted by atomic mass is 9.43. The molecule has 398 valence electrons. The Labute approximate surface area is 486 Å². The van der Waals surface area contributed by atoms with Crippen LogP contribution in [0.5, 0.6) is 0 Å². The van der Waals surface area contributed by atoms with Gasteiger partial charge in [0.15, 0.2) is 34.9 Å². The fourth-order valence-corrected chi connectivity index (χ4v) is 16.0. The average Bonchev–Trinajstić information content (AvgIpc) is 2.52. The molecule has 6 aliphatic rings. The summed E-state index contributed by atoms with van der Waals surface area (Å²) in [6.07, 6.45) is 7.59. The molecule has 7 nitrogen and oxygen atoms in total. The zero-order valence-electron chi connectivity index (χ0n) is 46.1. The number of fused-ring (bicyclic) bond motifs is 9. The Bertz CT molecular complexity index is 4680. The van der Waals surface area contributed by atoms with Crippen molar-refractivity contribution in [1.29, 1.82) is 0 Å². The highest BCUT2D eigenvalue weighted by Gasteiger charge is 2.61. The van der Waals surface area contributed by atoms with Crippen molar-refractivity contribution in [2.24, 2.45) is 23.7 Å². The molecule has 0 radical (unpaired) electrons. The molecule has 0 unspecified atom stereocenters. The van der Waals surface area contributed by atoms with Gasteiger partial charge in [-0.15, -0.1) is 0 Å². The normalized spacial score (nSPS) is 19.4. The minimum atomic E-state index is -0.0215. The van der Waals surface area contributed by atoms with Crippen LogP contribution in [0.25, 0.3) is 135 Å². The van der Waals surface area contributed by atoms with Gasteiger partial charge in [-0.05, 0) is 177 Å². The largest absolute Gasteiger partial charge is 0.456 e. The fraction of sp³-hybridized carbons (Fsp3) is 0.143. The SMILES string of the molecule is c1ccc(-c2nc(-c3ccccc3)nc(-c3ccc4c(c3)-c3ccc(-c5ccc6c(c5)C5(c7cc(-c8ccc9oc%10ccc(-c%11nc(-c%12ccccc%12)nc(-c%12ccccc%12)n%11)cc%10c9c8)ccc7-6)C6CC7CC(C6)CC5C7)cc3C4)n2)cc1. The minimum Gasteiger partial charge on any atom is -0.456 e. The first kappa shape index (κ1) is 47.6. The Hall–Kier alpha value is -9.98. The maximum atomic E-state index is 6.57. The summed E-state index contributed by atoms with van der Waals surface area (Å²) in [4.78, 5) is 30.2. The second-order valence-electron chi connectivity index (χ2n) is 24.2. The molecule has 1 spiro atoms. The third-order valence-corrected chi connectivity index (χ3v) is 19.6. The molecule has 0 N–H and O–H groups in total. The third-order valence-electron chi connectivity index (χ3n) is 19.6. The highest BCUT2D eigenvalue weighted by molar-refractivity contribution is 6.07. The third kappa shape index (κ3) is 7.50. The van der Waals surface area contributed by atoms with E-state index >= 15 is 0 Å². The van der Waals surface area contributed by atoms with Crippen molar-refractivity contribution in [3.05, 3.63) is 253 Å². The summed E-state index contributed by atoms with van der Waals surface area (Å²) >= 11 is 0. The summed E-state index contributed by atoms with van der Waals surface area (Å²) in [6, 6.07) is 82.7. The first-order valence-electron chi connectivity index (χ1n) is 29.8. The maximum absolute atomic E-state index is 6.57. The summed E-state index contributed by atoms with van der Waals surface area (Å²) in [6.45, 7) is 0. The summed E-state index contributed by atoms with van der Waals surface area (Å²) in [5.74, 6) is 6.86. The molecule has 84 heavy (non-hydrogen) atoms. The van der Waals surface area contributed by atoms with E-state index in [0.29, 0.717) is 46.8 Å². The number of rotatable bonds is 8. The lowest BCUT2D eigenvalue weighted by Crippen LogP contribution is -2.55. The topological polar surface area (TPSA) is 90.5 Å². The minimum absolute atomic E-state index is 0.0215. The van der Waals surface area contributed by atoms with Gasteiger partial charge in [0, 0.05) is 49.6 Å². The number of hydrogen-bond donors (Lipinski definition) is 0. The van der Waals surface area contributed by atoms with E-state index in [4.69, 9.17) is 34.3 Å². The second kappa shape index (κ2) is 18.5. The highest BCUT2D eigenvalue weighted by atomic mass is 16.3. The number of aromatic nitrogens is 6. The molecule has 13 aromatic rings. The molecule has 0 atom stereocenters. The number of furan rings is 1. The molecule has 3 heterocycles. The first-order valence-corrected chi connectivity index (χ1v) is 29.8. The van der Waals surface area contributed by atoms with Crippen LogP contribution in [0.2, 0.25) is 0 Å². The van der Waals surface area contributed by atoms with Crippen LogP contribution in [-0.4, -0.2) is 29.9 Å². The molecule has 0 aliphatic heterocycles. The lowest BCUT2D eigenvalue weighted by molar-refractivity contribution is -0.0399.